The van der Waals surface area contributed by atoms with Gasteiger partial charge in [-0.3, -0.25) is 0 Å². The van der Waals surface area contributed by atoms with E-state index in [1.807, 2.05) is 44.4 Å². The number of carbonyl (C=O) groups excluding carboxylic acids is 1. The second-order valence-electron chi connectivity index (χ2n) is 7.10. The van der Waals surface area contributed by atoms with E-state index in [9.17, 15) is 13.2 Å². The molecule has 1 aromatic carbocycles. The van der Waals surface area contributed by atoms with Crippen LogP contribution in [0.15, 0.2) is 29.6 Å². The third kappa shape index (κ3) is 5.99. The molecule has 3 rings (SSSR count). The minimum Gasteiger partial charge on any atom is -0.373 e. The Morgan fingerprint density at radius 1 is 1.31 bits per heavy atom. The first kappa shape index (κ1) is 21.7. The van der Waals surface area contributed by atoms with Crippen molar-refractivity contribution < 1.29 is 17.9 Å². The Labute approximate surface area is 175 Å². The summed E-state index contributed by atoms with van der Waals surface area (Å²) in [7, 11) is -3.45. The molecule has 8 nitrogen and oxygen atoms in total. The number of carbonyl (C=O) groups is 1. The highest BCUT2D eigenvalue weighted by Gasteiger charge is 2.30. The Hall–Kier alpha value is -2.01. The Balaban J connectivity index is 1.51. The first-order chi connectivity index (χ1) is 13.7. The summed E-state index contributed by atoms with van der Waals surface area (Å²) < 4.78 is 32.0. The van der Waals surface area contributed by atoms with Gasteiger partial charge in [0.1, 0.15) is 0 Å². The van der Waals surface area contributed by atoms with Crippen molar-refractivity contribution in [2.24, 2.45) is 0 Å². The van der Waals surface area contributed by atoms with Crippen LogP contribution in [0.25, 0.3) is 11.3 Å². The number of morpholine rings is 1. The van der Waals surface area contributed by atoms with E-state index in [2.05, 4.69) is 15.6 Å². The molecular weight excluding hydrogens is 412 g/mol. The van der Waals surface area contributed by atoms with Crippen molar-refractivity contribution >= 4 is 33.1 Å². The smallest absolute Gasteiger partial charge is 0.319 e. The first-order valence-corrected chi connectivity index (χ1v) is 11.9. The quantitative estimate of drug-likeness (QED) is 0.722. The van der Waals surface area contributed by atoms with Crippen LogP contribution in [0.1, 0.15) is 18.9 Å². The number of hydrogen-bond donors (Lipinski definition) is 2. The van der Waals surface area contributed by atoms with Crippen LogP contribution in [0.2, 0.25) is 0 Å². The molecule has 0 unspecified atom stereocenters. The number of aromatic nitrogens is 1. The van der Waals surface area contributed by atoms with Gasteiger partial charge in [-0.15, -0.1) is 11.3 Å². The van der Waals surface area contributed by atoms with Gasteiger partial charge in [-0.25, -0.2) is 18.2 Å². The van der Waals surface area contributed by atoms with Gasteiger partial charge in [-0.1, -0.05) is 12.1 Å². The summed E-state index contributed by atoms with van der Waals surface area (Å²) in [5, 5.41) is 8.29. The summed E-state index contributed by atoms with van der Waals surface area (Å²) in [6.45, 7) is 6.34. The van der Waals surface area contributed by atoms with Gasteiger partial charge in [0.25, 0.3) is 0 Å². The van der Waals surface area contributed by atoms with Crippen LogP contribution in [0.5, 0.6) is 0 Å². The molecular formula is C19H26N4O4S2. The molecule has 0 radical (unpaired) electrons. The predicted octanol–water partition coefficient (Wildman–Crippen LogP) is 2.68. The lowest BCUT2D eigenvalue weighted by Gasteiger charge is -2.34. The van der Waals surface area contributed by atoms with E-state index in [4.69, 9.17) is 4.74 Å². The zero-order valence-electron chi connectivity index (χ0n) is 16.7. The van der Waals surface area contributed by atoms with Crippen LogP contribution in [-0.4, -0.2) is 61.3 Å². The lowest BCUT2D eigenvalue weighted by Crippen LogP contribution is -2.49. The summed E-state index contributed by atoms with van der Waals surface area (Å²) in [5.41, 5.74) is 2.38. The number of nitrogens with zero attached hydrogens (tertiary/aromatic N) is 2. The van der Waals surface area contributed by atoms with Gasteiger partial charge in [-0.2, -0.15) is 4.31 Å². The molecule has 29 heavy (non-hydrogen) atoms. The van der Waals surface area contributed by atoms with E-state index < -0.39 is 16.1 Å². The standard InChI is InChI=1S/C19H26N4O4S2/c1-13-10-23(11-14(2)27-13)29(25,26)8-7-20-19(24)22-17-6-4-5-16(9-17)18-12-28-15(3)21-18/h4-6,9,12-14H,7-8,10-11H2,1-3H3,(H2,20,22,24)/t13-,14+. The van der Waals surface area contributed by atoms with Crippen molar-refractivity contribution in [1.29, 1.82) is 0 Å². The molecule has 2 N–H and O–H groups in total. The first-order valence-electron chi connectivity index (χ1n) is 9.43. The Morgan fingerprint density at radius 2 is 2.03 bits per heavy atom. The minimum absolute atomic E-state index is 0.0270. The average Bonchev–Trinajstić information content (AvgIpc) is 3.07. The molecule has 2 amide bonds. The number of ether oxygens (including phenoxy) is 1. The van der Waals surface area contributed by atoms with Gasteiger partial charge in [0.05, 0.1) is 28.7 Å². The predicted molar refractivity (Wildman–Crippen MR) is 115 cm³/mol. The Bertz CT molecular complexity index is 951. The maximum Gasteiger partial charge on any atom is 0.319 e. The molecule has 1 aliphatic rings. The molecule has 158 valence electrons. The zero-order chi connectivity index (χ0) is 21.0. The molecule has 0 saturated carbocycles. The molecule has 2 heterocycles. The van der Waals surface area contributed by atoms with Crippen LogP contribution in [0, 0.1) is 6.92 Å². The molecule has 0 bridgehead atoms. The number of sulfonamides is 1. The van der Waals surface area contributed by atoms with Gasteiger partial charge < -0.3 is 15.4 Å². The number of rotatable bonds is 6. The number of thiazole rings is 1. The van der Waals surface area contributed by atoms with Crippen molar-refractivity contribution in [2.45, 2.75) is 33.0 Å². The summed E-state index contributed by atoms with van der Waals surface area (Å²) in [5.74, 6) is -0.155. The second kappa shape index (κ2) is 9.21. The third-order valence-electron chi connectivity index (χ3n) is 4.46. The fraction of sp³-hybridized carbons (Fsp3) is 0.474. The number of hydrogen-bond acceptors (Lipinski definition) is 6. The normalized spacial score (nSPS) is 20.4. The number of anilines is 1. The van der Waals surface area contributed by atoms with Crippen molar-refractivity contribution in [3.05, 3.63) is 34.7 Å². The van der Waals surface area contributed by atoms with Crippen LogP contribution in [-0.2, 0) is 14.8 Å². The monoisotopic (exact) mass is 438 g/mol. The lowest BCUT2D eigenvalue weighted by molar-refractivity contribution is -0.0440. The highest BCUT2D eigenvalue weighted by atomic mass is 32.2. The maximum absolute atomic E-state index is 12.5. The number of amides is 2. The Morgan fingerprint density at radius 3 is 2.69 bits per heavy atom. The zero-order valence-corrected chi connectivity index (χ0v) is 18.3. The van der Waals surface area contributed by atoms with Crippen molar-refractivity contribution in [3.8, 4) is 11.3 Å². The summed E-state index contributed by atoms with van der Waals surface area (Å²) in [4.78, 5) is 16.6. The van der Waals surface area contributed by atoms with Crippen LogP contribution >= 0.6 is 11.3 Å². The van der Waals surface area contributed by atoms with E-state index >= 15 is 0 Å². The number of aryl methyl sites for hydroxylation is 1. The molecule has 1 saturated heterocycles. The van der Waals surface area contributed by atoms with Gasteiger partial charge in [-0.05, 0) is 32.9 Å². The third-order valence-corrected chi connectivity index (χ3v) is 7.04. The van der Waals surface area contributed by atoms with E-state index in [1.54, 1.807) is 17.4 Å². The summed E-state index contributed by atoms with van der Waals surface area (Å²) in [6.07, 6.45) is -0.280. The fourth-order valence-electron chi connectivity index (χ4n) is 3.21. The summed E-state index contributed by atoms with van der Waals surface area (Å²) >= 11 is 1.56. The van der Waals surface area contributed by atoms with Crippen molar-refractivity contribution in [2.75, 3.05) is 30.7 Å². The molecule has 0 aliphatic carbocycles. The van der Waals surface area contributed by atoms with Gasteiger partial charge in [0.15, 0.2) is 0 Å². The number of benzene rings is 1. The molecule has 1 aliphatic heterocycles. The maximum atomic E-state index is 12.5. The van der Waals surface area contributed by atoms with Crippen LogP contribution in [0.3, 0.4) is 0 Å². The minimum atomic E-state index is -3.45. The Kier molecular flexibility index (Phi) is 6.89. The highest BCUT2D eigenvalue weighted by molar-refractivity contribution is 7.89. The van der Waals surface area contributed by atoms with Gasteiger partial charge >= 0.3 is 6.03 Å². The average molecular weight is 439 g/mol. The van der Waals surface area contributed by atoms with E-state index in [0.29, 0.717) is 18.8 Å². The highest BCUT2D eigenvalue weighted by Crippen LogP contribution is 2.24. The molecule has 10 heteroatoms. The lowest BCUT2D eigenvalue weighted by atomic mass is 10.1. The van der Waals surface area contributed by atoms with E-state index in [1.165, 1.54) is 4.31 Å². The van der Waals surface area contributed by atoms with Crippen LogP contribution < -0.4 is 10.6 Å². The molecule has 2 atom stereocenters. The topological polar surface area (TPSA) is 101 Å². The van der Waals surface area contributed by atoms with Crippen LogP contribution in [0.4, 0.5) is 10.5 Å². The number of urea groups is 1. The molecule has 2 aromatic rings. The van der Waals surface area contributed by atoms with Gasteiger partial charge in [0.2, 0.25) is 10.0 Å². The van der Waals surface area contributed by atoms with Crippen molar-refractivity contribution in [3.63, 3.8) is 0 Å². The second-order valence-corrected chi connectivity index (χ2v) is 10.3. The number of nitrogens with one attached hydrogen (secondary N) is 2. The van der Waals surface area contributed by atoms with E-state index in [-0.39, 0.29) is 24.5 Å². The summed E-state index contributed by atoms with van der Waals surface area (Å²) in [6, 6.07) is 6.92. The molecule has 1 aromatic heterocycles. The SMILES string of the molecule is Cc1nc(-c2cccc(NC(=O)NCCS(=O)(=O)N3C[C@@H](C)O[C@@H](C)C3)c2)cs1. The largest absolute Gasteiger partial charge is 0.373 e. The molecule has 0 spiro atoms. The fourth-order valence-corrected chi connectivity index (χ4v) is 5.32. The molecule has 1 fully saturated rings. The van der Waals surface area contributed by atoms with Crippen molar-refractivity contribution in [1.82, 2.24) is 14.6 Å². The van der Waals surface area contributed by atoms with Gasteiger partial charge in [0, 0.05) is 36.3 Å². The van der Waals surface area contributed by atoms with E-state index in [0.717, 1.165) is 16.3 Å².